The summed E-state index contributed by atoms with van der Waals surface area (Å²) in [7, 11) is 0. The molecule has 1 amide bonds. The second-order valence-corrected chi connectivity index (χ2v) is 4.36. The number of benzene rings is 1. The van der Waals surface area contributed by atoms with Gasteiger partial charge in [0.15, 0.2) is 0 Å². The Morgan fingerprint density at radius 3 is 3.00 bits per heavy atom. The first-order valence-corrected chi connectivity index (χ1v) is 6.28. The van der Waals surface area contributed by atoms with Crippen molar-refractivity contribution < 1.29 is 14.3 Å². The van der Waals surface area contributed by atoms with Crippen molar-refractivity contribution in [2.45, 2.75) is 13.5 Å². The van der Waals surface area contributed by atoms with Crippen LogP contribution in [0.3, 0.4) is 0 Å². The molecule has 0 bridgehead atoms. The minimum absolute atomic E-state index is 0.0456. The number of H-pyrrole nitrogens is 1. The van der Waals surface area contributed by atoms with Crippen LogP contribution in [0, 0.1) is 24.6 Å². The van der Waals surface area contributed by atoms with E-state index in [2.05, 4.69) is 27.4 Å². The lowest BCUT2D eigenvalue weighted by Gasteiger charge is -2.06. The maximum absolute atomic E-state index is 13.7. The summed E-state index contributed by atoms with van der Waals surface area (Å²) < 4.78 is 13.7. The van der Waals surface area contributed by atoms with Crippen LogP contribution in [0.25, 0.3) is 0 Å². The van der Waals surface area contributed by atoms with Crippen LogP contribution >= 0.6 is 0 Å². The third kappa shape index (κ3) is 3.68. The van der Waals surface area contributed by atoms with Crippen LogP contribution in [0.5, 0.6) is 0 Å². The topological polar surface area (TPSA) is 78.0 Å². The Morgan fingerprint density at radius 2 is 2.33 bits per heavy atom. The van der Waals surface area contributed by atoms with Crippen molar-refractivity contribution in [3.8, 4) is 11.8 Å². The Bertz CT molecular complexity index is 713. The summed E-state index contributed by atoms with van der Waals surface area (Å²) in [6.07, 6.45) is 1.42. The van der Waals surface area contributed by atoms with Crippen LogP contribution in [0.4, 0.5) is 4.39 Å². The average molecular weight is 287 g/mol. The lowest BCUT2D eigenvalue weighted by Crippen LogP contribution is -2.23. The molecule has 1 aromatic carbocycles. The molecule has 5 nitrogen and oxygen atoms in total. The molecule has 108 valence electrons. The Hall–Kier alpha value is -2.65. The van der Waals surface area contributed by atoms with Gasteiger partial charge in [0.25, 0.3) is 5.91 Å². The molecule has 21 heavy (non-hydrogen) atoms. The molecule has 0 saturated heterocycles. The van der Waals surface area contributed by atoms with E-state index >= 15 is 0 Å². The second kappa shape index (κ2) is 6.68. The van der Waals surface area contributed by atoms with Crippen molar-refractivity contribution in [2.24, 2.45) is 0 Å². The van der Waals surface area contributed by atoms with Crippen LogP contribution in [-0.2, 0) is 6.54 Å². The van der Waals surface area contributed by atoms with Gasteiger partial charge in [-0.05, 0) is 25.1 Å². The molecule has 0 saturated carbocycles. The number of nitrogens with zero attached hydrogens (tertiary/aromatic N) is 1. The normalized spacial score (nSPS) is 9.86. The van der Waals surface area contributed by atoms with E-state index in [-0.39, 0.29) is 19.1 Å². The van der Waals surface area contributed by atoms with Crippen molar-refractivity contribution in [1.82, 2.24) is 15.5 Å². The minimum Gasteiger partial charge on any atom is -0.384 e. The number of aliphatic hydroxyl groups is 1. The third-order valence-corrected chi connectivity index (χ3v) is 2.87. The van der Waals surface area contributed by atoms with Gasteiger partial charge in [0.2, 0.25) is 0 Å². The number of hydrogen-bond acceptors (Lipinski definition) is 3. The fraction of sp³-hybridized carbons (Fsp3) is 0.200. The molecule has 0 unspecified atom stereocenters. The molecular formula is C15H14FN3O2. The van der Waals surface area contributed by atoms with Crippen LogP contribution in [0.1, 0.15) is 27.2 Å². The summed E-state index contributed by atoms with van der Waals surface area (Å²) in [5.74, 6) is 4.43. The molecule has 0 aliphatic rings. The molecule has 2 aromatic rings. The molecule has 0 atom stereocenters. The van der Waals surface area contributed by atoms with Crippen molar-refractivity contribution in [3.63, 3.8) is 0 Å². The van der Waals surface area contributed by atoms with Gasteiger partial charge in [0.05, 0.1) is 11.8 Å². The molecule has 6 heteroatoms. The van der Waals surface area contributed by atoms with E-state index in [0.29, 0.717) is 22.4 Å². The SMILES string of the molecule is Cc1[nH]ncc1C(=O)NCc1cc(C#CCO)ccc1F. The summed E-state index contributed by atoms with van der Waals surface area (Å²) in [4.78, 5) is 11.9. The van der Waals surface area contributed by atoms with Gasteiger partial charge in [-0.15, -0.1) is 0 Å². The highest BCUT2D eigenvalue weighted by Crippen LogP contribution is 2.10. The molecule has 0 spiro atoms. The van der Waals surface area contributed by atoms with Gasteiger partial charge in [-0.3, -0.25) is 9.89 Å². The number of carbonyl (C=O) groups excluding carboxylic acids is 1. The number of amides is 1. The first-order valence-electron chi connectivity index (χ1n) is 6.28. The molecule has 0 aliphatic heterocycles. The Kier molecular flexibility index (Phi) is 4.69. The first-order chi connectivity index (χ1) is 10.1. The highest BCUT2D eigenvalue weighted by atomic mass is 19.1. The zero-order valence-electron chi connectivity index (χ0n) is 11.4. The van der Waals surface area contributed by atoms with E-state index in [1.165, 1.54) is 18.3 Å². The monoisotopic (exact) mass is 287 g/mol. The van der Waals surface area contributed by atoms with Crippen molar-refractivity contribution in [2.75, 3.05) is 6.61 Å². The fourth-order valence-corrected chi connectivity index (χ4v) is 1.78. The third-order valence-electron chi connectivity index (χ3n) is 2.87. The molecule has 0 radical (unpaired) electrons. The second-order valence-electron chi connectivity index (χ2n) is 4.36. The Balaban J connectivity index is 2.09. The van der Waals surface area contributed by atoms with Gasteiger partial charge in [-0.2, -0.15) is 5.10 Å². The molecule has 1 aromatic heterocycles. The minimum atomic E-state index is -0.422. The van der Waals surface area contributed by atoms with Crippen LogP contribution in [-0.4, -0.2) is 27.8 Å². The van der Waals surface area contributed by atoms with Gasteiger partial charge in [-0.1, -0.05) is 11.8 Å². The smallest absolute Gasteiger partial charge is 0.255 e. The number of nitrogens with one attached hydrogen (secondary N) is 2. The number of carbonyl (C=O) groups is 1. The largest absolute Gasteiger partial charge is 0.384 e. The number of aromatic nitrogens is 2. The van der Waals surface area contributed by atoms with E-state index in [4.69, 9.17) is 5.11 Å². The Morgan fingerprint density at radius 1 is 1.52 bits per heavy atom. The number of aliphatic hydroxyl groups excluding tert-OH is 1. The van der Waals surface area contributed by atoms with Gasteiger partial charge < -0.3 is 10.4 Å². The van der Waals surface area contributed by atoms with E-state index in [0.717, 1.165) is 0 Å². The van der Waals surface area contributed by atoms with Crippen LogP contribution in [0.15, 0.2) is 24.4 Å². The summed E-state index contributed by atoms with van der Waals surface area (Å²) in [6, 6.07) is 4.34. The van der Waals surface area contributed by atoms with Gasteiger partial charge in [0, 0.05) is 23.4 Å². The highest BCUT2D eigenvalue weighted by Gasteiger charge is 2.11. The predicted molar refractivity (Wildman–Crippen MR) is 74.9 cm³/mol. The van der Waals surface area contributed by atoms with E-state index < -0.39 is 5.82 Å². The average Bonchev–Trinajstić information content (AvgIpc) is 2.91. The highest BCUT2D eigenvalue weighted by molar-refractivity contribution is 5.94. The van der Waals surface area contributed by atoms with Gasteiger partial charge in [0.1, 0.15) is 12.4 Å². The summed E-state index contributed by atoms with van der Waals surface area (Å²) in [6.45, 7) is 1.51. The number of aryl methyl sites for hydroxylation is 1. The van der Waals surface area contributed by atoms with Crippen molar-refractivity contribution in [1.29, 1.82) is 0 Å². The standard InChI is InChI=1S/C15H14FN3O2/c1-10-13(9-18-19-10)15(21)17-8-12-7-11(3-2-6-20)4-5-14(12)16/h4-5,7,9,20H,6,8H2,1H3,(H,17,21)(H,18,19). The summed E-state index contributed by atoms with van der Waals surface area (Å²) in [5, 5.41) is 17.7. The fourth-order valence-electron chi connectivity index (χ4n) is 1.78. The van der Waals surface area contributed by atoms with Crippen LogP contribution < -0.4 is 5.32 Å². The van der Waals surface area contributed by atoms with E-state index in [9.17, 15) is 9.18 Å². The van der Waals surface area contributed by atoms with E-state index in [1.807, 2.05) is 0 Å². The molecule has 0 aliphatic carbocycles. The maximum atomic E-state index is 13.7. The summed E-state index contributed by atoms with van der Waals surface area (Å²) >= 11 is 0. The summed E-state index contributed by atoms with van der Waals surface area (Å²) in [5.41, 5.74) is 1.98. The van der Waals surface area contributed by atoms with Crippen molar-refractivity contribution >= 4 is 5.91 Å². The quantitative estimate of drug-likeness (QED) is 0.741. The van der Waals surface area contributed by atoms with E-state index in [1.54, 1.807) is 13.0 Å². The first kappa shape index (κ1) is 14.8. The van der Waals surface area contributed by atoms with Crippen molar-refractivity contribution in [3.05, 3.63) is 52.6 Å². The maximum Gasteiger partial charge on any atom is 0.255 e. The van der Waals surface area contributed by atoms with Gasteiger partial charge >= 0.3 is 0 Å². The zero-order valence-corrected chi connectivity index (χ0v) is 11.4. The molecule has 2 rings (SSSR count). The number of rotatable bonds is 3. The molecule has 3 N–H and O–H groups in total. The lowest BCUT2D eigenvalue weighted by atomic mass is 10.1. The predicted octanol–water partition coefficient (Wildman–Crippen LogP) is 1.13. The molecule has 1 heterocycles. The number of hydrogen-bond donors (Lipinski definition) is 3. The lowest BCUT2D eigenvalue weighted by molar-refractivity contribution is 0.0950. The number of aromatic amines is 1. The zero-order chi connectivity index (χ0) is 15.2. The number of halogens is 1. The Labute approximate surface area is 121 Å². The molecule has 0 fully saturated rings. The van der Waals surface area contributed by atoms with Crippen LogP contribution in [0.2, 0.25) is 0 Å². The van der Waals surface area contributed by atoms with Gasteiger partial charge in [-0.25, -0.2) is 4.39 Å². The molecular weight excluding hydrogens is 273 g/mol.